The van der Waals surface area contributed by atoms with Crippen molar-refractivity contribution >= 4 is 16.5 Å². The van der Waals surface area contributed by atoms with Crippen LogP contribution in [0.1, 0.15) is 17.6 Å². The Morgan fingerprint density at radius 3 is 2.86 bits per heavy atom. The molecule has 2 aromatic heterocycles. The number of nitrogens with zero attached hydrogens (tertiary/aromatic N) is 5. The maximum absolute atomic E-state index is 12.6. The molecule has 0 radical (unpaired) electrons. The normalized spacial score (nSPS) is 20.0. The van der Waals surface area contributed by atoms with Gasteiger partial charge < -0.3 is 14.2 Å². The highest BCUT2D eigenvalue weighted by molar-refractivity contribution is 7.13. The van der Waals surface area contributed by atoms with Gasteiger partial charge in [0.05, 0.1) is 13.2 Å². The second kappa shape index (κ2) is 5.26. The van der Waals surface area contributed by atoms with Gasteiger partial charge in [0.15, 0.2) is 16.6 Å². The van der Waals surface area contributed by atoms with Crippen molar-refractivity contribution in [2.24, 2.45) is 7.05 Å². The number of ether oxygens (including phenoxy) is 1. The van der Waals surface area contributed by atoms with E-state index in [2.05, 4.69) is 15.2 Å². The Balaban J connectivity index is 1.77. The van der Waals surface area contributed by atoms with Gasteiger partial charge in [-0.25, -0.2) is 4.98 Å². The number of alkyl halides is 3. The van der Waals surface area contributed by atoms with Crippen LogP contribution in [0, 0.1) is 0 Å². The fourth-order valence-electron chi connectivity index (χ4n) is 2.10. The molecular formula is C11H12F3N5OS. The Morgan fingerprint density at radius 2 is 2.24 bits per heavy atom. The van der Waals surface area contributed by atoms with Crippen LogP contribution in [-0.4, -0.2) is 39.4 Å². The molecule has 1 aliphatic heterocycles. The lowest BCUT2D eigenvalue weighted by atomic mass is 10.2. The minimum atomic E-state index is -4.41. The second-order valence-corrected chi connectivity index (χ2v) is 5.46. The molecule has 0 saturated carbocycles. The Bertz CT molecular complexity index is 625. The Morgan fingerprint density at radius 1 is 1.43 bits per heavy atom. The van der Waals surface area contributed by atoms with Crippen LogP contribution in [0.25, 0.3) is 0 Å². The first-order chi connectivity index (χ1) is 9.95. The van der Waals surface area contributed by atoms with Gasteiger partial charge in [0.1, 0.15) is 12.4 Å². The second-order valence-electron chi connectivity index (χ2n) is 4.62. The molecule has 1 saturated heterocycles. The fourth-order valence-corrected chi connectivity index (χ4v) is 2.97. The van der Waals surface area contributed by atoms with Crippen LogP contribution >= 0.6 is 11.3 Å². The SMILES string of the molecule is Cn1cnnc1[C@@H]1CN(c2nc(C(F)(F)F)cs2)CCO1. The van der Waals surface area contributed by atoms with Gasteiger partial charge in [-0.3, -0.25) is 0 Å². The molecule has 1 aliphatic rings. The summed E-state index contributed by atoms with van der Waals surface area (Å²) in [5.74, 6) is 0.646. The number of morpholine rings is 1. The van der Waals surface area contributed by atoms with E-state index in [4.69, 9.17) is 4.74 Å². The van der Waals surface area contributed by atoms with Crippen LogP contribution in [0.15, 0.2) is 11.7 Å². The number of anilines is 1. The molecule has 0 aliphatic carbocycles. The molecule has 0 aromatic carbocycles. The molecule has 3 heterocycles. The molecule has 3 rings (SSSR count). The first kappa shape index (κ1) is 14.3. The van der Waals surface area contributed by atoms with E-state index in [1.165, 1.54) is 0 Å². The summed E-state index contributed by atoms with van der Waals surface area (Å²) in [4.78, 5) is 5.44. The number of aryl methyl sites for hydroxylation is 1. The molecule has 114 valence electrons. The summed E-state index contributed by atoms with van der Waals surface area (Å²) in [6.07, 6.45) is -3.18. The summed E-state index contributed by atoms with van der Waals surface area (Å²) in [6, 6.07) is 0. The topological polar surface area (TPSA) is 56.1 Å². The van der Waals surface area contributed by atoms with Gasteiger partial charge in [0.25, 0.3) is 0 Å². The van der Waals surface area contributed by atoms with Crippen molar-refractivity contribution in [3.8, 4) is 0 Å². The van der Waals surface area contributed by atoms with Crippen molar-refractivity contribution in [2.45, 2.75) is 12.3 Å². The quantitative estimate of drug-likeness (QED) is 0.846. The van der Waals surface area contributed by atoms with Crippen LogP contribution in [0.5, 0.6) is 0 Å². The van der Waals surface area contributed by atoms with E-state index in [0.29, 0.717) is 30.7 Å². The van der Waals surface area contributed by atoms with Gasteiger partial charge in [-0.15, -0.1) is 21.5 Å². The summed E-state index contributed by atoms with van der Waals surface area (Å²) >= 11 is 0.983. The Hall–Kier alpha value is -1.68. The van der Waals surface area contributed by atoms with Crippen LogP contribution in [0.4, 0.5) is 18.3 Å². The fraction of sp³-hybridized carbons (Fsp3) is 0.545. The smallest absolute Gasteiger partial charge is 0.366 e. The molecule has 6 nitrogen and oxygen atoms in total. The summed E-state index contributed by atoms with van der Waals surface area (Å²) in [5, 5.41) is 9.14. The molecule has 0 N–H and O–H groups in total. The molecule has 2 aromatic rings. The van der Waals surface area contributed by atoms with Gasteiger partial charge in [0, 0.05) is 19.0 Å². The molecule has 0 bridgehead atoms. The van der Waals surface area contributed by atoms with Gasteiger partial charge in [-0.1, -0.05) is 0 Å². The molecule has 0 unspecified atom stereocenters. The van der Waals surface area contributed by atoms with E-state index < -0.39 is 11.9 Å². The third-order valence-electron chi connectivity index (χ3n) is 3.15. The van der Waals surface area contributed by atoms with E-state index in [9.17, 15) is 13.2 Å². The average molecular weight is 319 g/mol. The zero-order chi connectivity index (χ0) is 15.0. The highest BCUT2D eigenvalue weighted by atomic mass is 32.1. The lowest BCUT2D eigenvalue weighted by Crippen LogP contribution is -2.39. The number of hydrogen-bond donors (Lipinski definition) is 0. The molecule has 1 fully saturated rings. The van der Waals surface area contributed by atoms with Crippen LogP contribution in [0.3, 0.4) is 0 Å². The predicted molar refractivity (Wildman–Crippen MR) is 69.0 cm³/mol. The zero-order valence-electron chi connectivity index (χ0n) is 11.0. The minimum Gasteiger partial charge on any atom is -0.366 e. The third kappa shape index (κ3) is 2.86. The van der Waals surface area contributed by atoms with E-state index in [1.807, 2.05) is 0 Å². The van der Waals surface area contributed by atoms with Crippen molar-refractivity contribution in [3.05, 3.63) is 23.2 Å². The van der Waals surface area contributed by atoms with Gasteiger partial charge >= 0.3 is 6.18 Å². The summed E-state index contributed by atoms with van der Waals surface area (Å²) in [5.41, 5.74) is -0.857. The number of hydrogen-bond acceptors (Lipinski definition) is 6. The van der Waals surface area contributed by atoms with Crippen molar-refractivity contribution in [1.82, 2.24) is 19.7 Å². The molecular weight excluding hydrogens is 307 g/mol. The molecule has 1 atom stereocenters. The maximum Gasteiger partial charge on any atom is 0.434 e. The van der Waals surface area contributed by atoms with Crippen LogP contribution in [0.2, 0.25) is 0 Å². The summed E-state index contributed by atoms with van der Waals surface area (Å²) in [7, 11) is 1.79. The summed E-state index contributed by atoms with van der Waals surface area (Å²) < 4.78 is 45.2. The number of halogens is 3. The highest BCUT2D eigenvalue weighted by Crippen LogP contribution is 2.34. The first-order valence-corrected chi connectivity index (χ1v) is 7.06. The number of thiazole rings is 1. The van der Waals surface area contributed by atoms with Crippen molar-refractivity contribution in [2.75, 3.05) is 24.6 Å². The maximum atomic E-state index is 12.6. The predicted octanol–water partition coefficient (Wildman–Crippen LogP) is 1.87. The summed E-state index contributed by atoms with van der Waals surface area (Å²) in [6.45, 7) is 1.30. The molecule has 21 heavy (non-hydrogen) atoms. The number of aromatic nitrogens is 4. The van der Waals surface area contributed by atoms with Crippen LogP contribution < -0.4 is 4.90 Å². The standard InChI is InChI=1S/C11H12F3N5OS/c1-18-6-15-17-9(18)7-4-19(2-3-20-7)10-16-8(5-21-10)11(12,13)14/h5-7H,2-4H2,1H3/t7-/m0/s1. The van der Waals surface area contributed by atoms with Gasteiger partial charge in [-0.05, 0) is 0 Å². The molecule has 0 spiro atoms. The van der Waals surface area contributed by atoms with E-state index in [-0.39, 0.29) is 6.10 Å². The first-order valence-electron chi connectivity index (χ1n) is 6.18. The van der Waals surface area contributed by atoms with Crippen molar-refractivity contribution < 1.29 is 17.9 Å². The van der Waals surface area contributed by atoms with Crippen molar-refractivity contribution in [1.29, 1.82) is 0 Å². The Labute approximate surface area is 122 Å². The largest absolute Gasteiger partial charge is 0.434 e. The molecule has 10 heteroatoms. The van der Waals surface area contributed by atoms with Gasteiger partial charge in [-0.2, -0.15) is 13.2 Å². The van der Waals surface area contributed by atoms with E-state index in [0.717, 1.165) is 16.7 Å². The van der Waals surface area contributed by atoms with E-state index in [1.54, 1.807) is 22.8 Å². The van der Waals surface area contributed by atoms with Crippen LogP contribution in [-0.2, 0) is 18.0 Å². The third-order valence-corrected chi connectivity index (χ3v) is 4.06. The lowest BCUT2D eigenvalue weighted by Gasteiger charge is -2.32. The average Bonchev–Trinajstić information content (AvgIpc) is 3.06. The molecule has 0 amide bonds. The van der Waals surface area contributed by atoms with Crippen molar-refractivity contribution in [3.63, 3.8) is 0 Å². The lowest BCUT2D eigenvalue weighted by molar-refractivity contribution is -0.140. The Kier molecular flexibility index (Phi) is 3.57. The zero-order valence-corrected chi connectivity index (χ0v) is 11.9. The monoisotopic (exact) mass is 319 g/mol. The number of rotatable bonds is 2. The van der Waals surface area contributed by atoms with Gasteiger partial charge in [0.2, 0.25) is 0 Å². The van der Waals surface area contributed by atoms with E-state index >= 15 is 0 Å². The minimum absolute atomic E-state index is 0.329. The highest BCUT2D eigenvalue weighted by Gasteiger charge is 2.35.